The molecule has 0 saturated heterocycles. The van der Waals surface area contributed by atoms with Crippen LogP contribution in [0.2, 0.25) is 0 Å². The molecule has 5 nitrogen and oxygen atoms in total. The Hall–Kier alpha value is -0.650. The van der Waals surface area contributed by atoms with Crippen molar-refractivity contribution >= 4 is 5.97 Å². The van der Waals surface area contributed by atoms with Crippen LogP contribution >= 0.6 is 0 Å². The van der Waals surface area contributed by atoms with Crippen molar-refractivity contribution in [3.05, 3.63) is 0 Å². The molecule has 0 fully saturated rings. The molecule has 0 aromatic heterocycles. The zero-order valence-corrected chi connectivity index (χ0v) is 28.7. The summed E-state index contributed by atoms with van der Waals surface area (Å²) in [6, 6.07) is 0. The van der Waals surface area contributed by atoms with E-state index in [0.29, 0.717) is 19.5 Å². The monoisotopic (exact) mass is 600 g/mol. The Morgan fingerprint density at radius 3 is 0.929 bits per heavy atom. The van der Waals surface area contributed by atoms with Crippen molar-refractivity contribution in [3.8, 4) is 0 Å². The normalized spacial score (nSPS) is 11.2. The maximum atomic E-state index is 10.3. The molecule has 0 atom stereocenters. The summed E-state index contributed by atoms with van der Waals surface area (Å²) in [7, 11) is 0. The Bertz CT molecular complexity index is 482. The molecule has 0 unspecified atom stereocenters. The Morgan fingerprint density at radius 2 is 0.667 bits per heavy atom. The molecule has 0 aliphatic carbocycles. The summed E-state index contributed by atoms with van der Waals surface area (Å²) >= 11 is 0. The van der Waals surface area contributed by atoms with Crippen LogP contribution in [0, 0.1) is 0 Å². The Kier molecular flexibility index (Phi) is 41.8. The van der Waals surface area contributed by atoms with Crippen molar-refractivity contribution in [1.29, 1.82) is 0 Å². The van der Waals surface area contributed by atoms with Gasteiger partial charge in [-0.2, -0.15) is 0 Å². The number of hydrogen-bond donors (Lipinski definition) is 3. The highest BCUT2D eigenvalue weighted by Gasteiger charge is 2.02. The molecule has 0 radical (unpaired) electrons. The van der Waals surface area contributed by atoms with Crippen molar-refractivity contribution in [2.45, 2.75) is 200 Å². The van der Waals surface area contributed by atoms with Gasteiger partial charge in [0.2, 0.25) is 0 Å². The van der Waals surface area contributed by atoms with Crippen molar-refractivity contribution in [1.82, 2.24) is 4.90 Å². The van der Waals surface area contributed by atoms with E-state index in [4.69, 9.17) is 15.3 Å². The van der Waals surface area contributed by atoms with Gasteiger partial charge in [0.15, 0.2) is 0 Å². The van der Waals surface area contributed by atoms with Crippen LogP contribution in [-0.2, 0) is 4.79 Å². The molecule has 0 aromatic carbocycles. The molecule has 5 heteroatoms. The molecule has 254 valence electrons. The Balaban J connectivity index is 0. The molecule has 0 aliphatic rings. The molecule has 42 heavy (non-hydrogen) atoms. The lowest BCUT2D eigenvalue weighted by molar-refractivity contribution is -0.137. The molecule has 3 N–H and O–H groups in total. The summed E-state index contributed by atoms with van der Waals surface area (Å²) in [6.07, 6.45) is 38.1. The highest BCUT2D eigenvalue weighted by Crippen LogP contribution is 2.14. The van der Waals surface area contributed by atoms with E-state index in [-0.39, 0.29) is 13.2 Å². The average molecular weight is 600 g/mol. The van der Waals surface area contributed by atoms with Crippen LogP contribution in [0.4, 0.5) is 0 Å². The van der Waals surface area contributed by atoms with Crippen molar-refractivity contribution in [3.63, 3.8) is 0 Å². The number of unbranched alkanes of at least 4 members (excludes halogenated alkanes) is 26. The lowest BCUT2D eigenvalue weighted by Gasteiger charge is -2.19. The summed E-state index contributed by atoms with van der Waals surface area (Å²) in [4.78, 5) is 12.5. The lowest BCUT2D eigenvalue weighted by Crippen LogP contribution is -2.30. The molecule has 0 saturated carbocycles. The first-order valence-electron chi connectivity index (χ1n) is 18.8. The van der Waals surface area contributed by atoms with Crippen LogP contribution in [0.15, 0.2) is 0 Å². The Labute approximate surface area is 263 Å². The van der Waals surface area contributed by atoms with Gasteiger partial charge in [-0.1, -0.05) is 181 Å². The number of aliphatic hydroxyl groups is 2. The number of rotatable bonds is 34. The first-order valence-corrected chi connectivity index (χ1v) is 18.8. The van der Waals surface area contributed by atoms with Gasteiger partial charge in [-0.05, 0) is 19.4 Å². The summed E-state index contributed by atoms with van der Waals surface area (Å²) in [6.45, 7) is 7.33. The average Bonchev–Trinajstić information content (AvgIpc) is 2.98. The van der Waals surface area contributed by atoms with Crippen molar-refractivity contribution < 1.29 is 20.1 Å². The van der Waals surface area contributed by atoms with Crippen molar-refractivity contribution in [2.24, 2.45) is 0 Å². The third-order valence-electron chi connectivity index (χ3n) is 8.40. The van der Waals surface area contributed by atoms with E-state index < -0.39 is 5.97 Å². The summed E-state index contributed by atoms with van der Waals surface area (Å²) in [5.41, 5.74) is 0. The predicted octanol–water partition coefficient (Wildman–Crippen LogP) is 10.7. The fourth-order valence-corrected chi connectivity index (χ4v) is 5.62. The van der Waals surface area contributed by atoms with E-state index >= 15 is 0 Å². The van der Waals surface area contributed by atoms with E-state index in [9.17, 15) is 4.79 Å². The minimum Gasteiger partial charge on any atom is -0.481 e. The summed E-state index contributed by atoms with van der Waals surface area (Å²) in [5.74, 6) is -0.653. The molecule has 0 aliphatic heterocycles. The largest absolute Gasteiger partial charge is 0.481 e. The van der Waals surface area contributed by atoms with Gasteiger partial charge in [-0.25, -0.2) is 0 Å². The maximum absolute atomic E-state index is 10.3. The minimum atomic E-state index is -0.653. The highest BCUT2D eigenvalue weighted by atomic mass is 16.4. The van der Waals surface area contributed by atoms with E-state index in [1.807, 2.05) is 0 Å². The molecule has 0 bridgehead atoms. The number of carbonyl (C=O) groups is 1. The molecule has 0 spiro atoms. The quantitative estimate of drug-likeness (QED) is 0.0641. The number of carboxylic acid groups (broad SMARTS) is 1. The standard InChI is InChI=1S/C19H41NO2.C18H36O2/c1-2-3-4-5-6-7-8-9-10-11-12-13-14-15-20(16-18-21)17-19-22;1-2-3-4-5-6-7-8-9-10-11-12-13-14-15-16-17-18(19)20/h21-22H,2-19H2,1H3;2-17H2,1H3,(H,19,20). The van der Waals surface area contributed by atoms with Crippen LogP contribution in [0.3, 0.4) is 0 Å². The lowest BCUT2D eigenvalue weighted by atomic mass is 10.0. The number of nitrogens with zero attached hydrogens (tertiary/aromatic N) is 1. The van der Waals surface area contributed by atoms with Crippen LogP contribution in [0.25, 0.3) is 0 Å². The zero-order valence-electron chi connectivity index (χ0n) is 28.7. The van der Waals surface area contributed by atoms with Crippen LogP contribution in [0.1, 0.15) is 200 Å². The van der Waals surface area contributed by atoms with E-state index in [1.54, 1.807) is 0 Å². The van der Waals surface area contributed by atoms with Crippen LogP contribution in [0.5, 0.6) is 0 Å². The first kappa shape index (κ1) is 43.5. The van der Waals surface area contributed by atoms with E-state index in [1.165, 1.54) is 167 Å². The van der Waals surface area contributed by atoms with Crippen molar-refractivity contribution in [2.75, 3.05) is 32.8 Å². The van der Waals surface area contributed by atoms with Crippen LogP contribution in [-0.4, -0.2) is 59.0 Å². The van der Waals surface area contributed by atoms with Gasteiger partial charge in [-0.15, -0.1) is 0 Å². The SMILES string of the molecule is CCCCCCCCCCCCCCCCCC(=O)O.CCCCCCCCCCCCCCCN(CCO)CCO. The fourth-order valence-electron chi connectivity index (χ4n) is 5.62. The highest BCUT2D eigenvalue weighted by molar-refractivity contribution is 5.66. The van der Waals surface area contributed by atoms with Gasteiger partial charge in [0.25, 0.3) is 0 Å². The second kappa shape index (κ2) is 40.4. The van der Waals surface area contributed by atoms with Gasteiger partial charge in [0.05, 0.1) is 13.2 Å². The smallest absolute Gasteiger partial charge is 0.303 e. The molecule has 0 heterocycles. The fraction of sp³-hybridized carbons (Fsp3) is 0.973. The predicted molar refractivity (Wildman–Crippen MR) is 183 cm³/mol. The Morgan fingerprint density at radius 1 is 0.405 bits per heavy atom. The second-order valence-corrected chi connectivity index (χ2v) is 12.6. The number of aliphatic carboxylic acids is 1. The first-order chi connectivity index (χ1) is 20.6. The number of carboxylic acids is 1. The minimum absolute atomic E-state index is 0.193. The van der Waals surface area contributed by atoms with Gasteiger partial charge in [0.1, 0.15) is 0 Å². The molecular weight excluding hydrogens is 522 g/mol. The molecule has 0 rings (SSSR count). The van der Waals surface area contributed by atoms with Gasteiger partial charge in [-0.3, -0.25) is 9.69 Å². The van der Waals surface area contributed by atoms with Gasteiger partial charge < -0.3 is 15.3 Å². The van der Waals surface area contributed by atoms with Gasteiger partial charge in [0, 0.05) is 19.5 Å². The number of hydrogen-bond acceptors (Lipinski definition) is 4. The third-order valence-corrected chi connectivity index (χ3v) is 8.40. The summed E-state index contributed by atoms with van der Waals surface area (Å²) in [5, 5.41) is 26.4. The number of aliphatic hydroxyl groups excluding tert-OH is 2. The van der Waals surface area contributed by atoms with E-state index in [0.717, 1.165) is 19.4 Å². The zero-order chi connectivity index (χ0) is 31.2. The molecular formula is C37H77NO4. The molecule has 0 aromatic rings. The van der Waals surface area contributed by atoms with Crippen LogP contribution < -0.4 is 0 Å². The van der Waals surface area contributed by atoms with Gasteiger partial charge >= 0.3 is 5.97 Å². The topological polar surface area (TPSA) is 81.0 Å². The summed E-state index contributed by atoms with van der Waals surface area (Å²) < 4.78 is 0. The molecule has 0 amide bonds. The third kappa shape index (κ3) is 41.5. The van der Waals surface area contributed by atoms with E-state index in [2.05, 4.69) is 18.7 Å². The maximum Gasteiger partial charge on any atom is 0.303 e. The second-order valence-electron chi connectivity index (χ2n) is 12.6.